The molecule has 1 aromatic heterocycles. The molecule has 0 aliphatic heterocycles. The van der Waals surface area contributed by atoms with E-state index in [0.29, 0.717) is 12.5 Å². The van der Waals surface area contributed by atoms with Gasteiger partial charge in [-0.3, -0.25) is 9.67 Å². The Labute approximate surface area is 163 Å². The van der Waals surface area contributed by atoms with Gasteiger partial charge in [0.2, 0.25) is 0 Å². The Morgan fingerprint density at radius 3 is 2.70 bits per heavy atom. The molecule has 2 N–H and O–H groups in total. The summed E-state index contributed by atoms with van der Waals surface area (Å²) in [5.74, 6) is 2.23. The molecule has 2 rings (SSSR count). The third kappa shape index (κ3) is 7.33. The van der Waals surface area contributed by atoms with Crippen LogP contribution in [0.2, 0.25) is 0 Å². The molecule has 1 heterocycles. The second-order valence-corrected chi connectivity index (χ2v) is 7.21. The van der Waals surface area contributed by atoms with Crippen LogP contribution in [0.25, 0.3) is 0 Å². The number of aryl methyl sites for hydroxylation is 3. The van der Waals surface area contributed by atoms with Crippen LogP contribution in [0.15, 0.2) is 35.3 Å². The summed E-state index contributed by atoms with van der Waals surface area (Å²) in [6, 6.07) is 10.3. The second-order valence-electron chi connectivity index (χ2n) is 7.21. The van der Waals surface area contributed by atoms with E-state index in [1.54, 1.807) is 7.05 Å². The highest BCUT2D eigenvalue weighted by Crippen LogP contribution is 2.14. The number of benzene rings is 1. The van der Waals surface area contributed by atoms with Crippen LogP contribution in [-0.4, -0.2) is 35.9 Å². The zero-order valence-corrected chi connectivity index (χ0v) is 17.2. The number of ether oxygens (including phenoxy) is 1. The minimum Gasteiger partial charge on any atom is -0.493 e. The molecule has 0 bridgehead atoms. The summed E-state index contributed by atoms with van der Waals surface area (Å²) in [6.07, 6.45) is 0.987. The lowest BCUT2D eigenvalue weighted by Gasteiger charge is -2.13. The maximum atomic E-state index is 5.79. The number of hydrogen-bond donors (Lipinski definition) is 2. The van der Waals surface area contributed by atoms with Gasteiger partial charge in [0.1, 0.15) is 5.75 Å². The van der Waals surface area contributed by atoms with E-state index in [9.17, 15) is 0 Å². The van der Waals surface area contributed by atoms with E-state index in [1.807, 2.05) is 19.1 Å². The summed E-state index contributed by atoms with van der Waals surface area (Å²) in [4.78, 5) is 4.29. The van der Waals surface area contributed by atoms with Crippen LogP contribution in [-0.2, 0) is 13.1 Å². The number of aromatic nitrogens is 2. The summed E-state index contributed by atoms with van der Waals surface area (Å²) in [5, 5.41) is 11.2. The molecule has 148 valence electrons. The van der Waals surface area contributed by atoms with Crippen molar-refractivity contribution in [3.63, 3.8) is 0 Å². The van der Waals surface area contributed by atoms with E-state index < -0.39 is 0 Å². The number of hydrogen-bond acceptors (Lipinski definition) is 3. The first kappa shape index (κ1) is 20.8. The molecule has 6 heteroatoms. The molecule has 2 aromatic rings. The van der Waals surface area contributed by atoms with Crippen molar-refractivity contribution in [1.29, 1.82) is 0 Å². The number of nitrogens with zero attached hydrogens (tertiary/aromatic N) is 3. The van der Waals surface area contributed by atoms with Crippen LogP contribution in [0.4, 0.5) is 0 Å². The van der Waals surface area contributed by atoms with Crippen LogP contribution in [0.3, 0.4) is 0 Å². The van der Waals surface area contributed by atoms with Gasteiger partial charge >= 0.3 is 0 Å². The summed E-state index contributed by atoms with van der Waals surface area (Å²) in [5.41, 5.74) is 3.44. The molecule has 27 heavy (non-hydrogen) atoms. The molecular formula is C21H33N5O. The molecule has 0 aliphatic rings. The van der Waals surface area contributed by atoms with Crippen LogP contribution < -0.4 is 15.4 Å². The summed E-state index contributed by atoms with van der Waals surface area (Å²) >= 11 is 0. The van der Waals surface area contributed by atoms with E-state index in [4.69, 9.17) is 4.74 Å². The van der Waals surface area contributed by atoms with E-state index in [0.717, 1.165) is 43.5 Å². The molecule has 6 nitrogen and oxygen atoms in total. The van der Waals surface area contributed by atoms with Crippen molar-refractivity contribution in [3.05, 3.63) is 47.3 Å². The second kappa shape index (κ2) is 10.6. The van der Waals surface area contributed by atoms with Crippen molar-refractivity contribution in [2.24, 2.45) is 10.9 Å². The Bertz CT molecular complexity index is 736. The first-order chi connectivity index (χ1) is 13.0. The van der Waals surface area contributed by atoms with Crippen LogP contribution >= 0.6 is 0 Å². The average molecular weight is 372 g/mol. The standard InChI is InChI=1S/C21H33N5O/c1-16(2)15-27-20-9-6-8-19(13-20)14-24-21(22-5)23-10-7-11-26-18(4)12-17(3)25-26/h6,8-9,12-13,16H,7,10-11,14-15H2,1-5H3,(H2,22,23,24). The average Bonchev–Trinajstić information content (AvgIpc) is 2.97. The maximum absolute atomic E-state index is 5.79. The van der Waals surface area contributed by atoms with Crippen molar-refractivity contribution in [3.8, 4) is 5.75 Å². The highest BCUT2D eigenvalue weighted by atomic mass is 16.5. The molecule has 0 aliphatic carbocycles. The third-order valence-electron chi connectivity index (χ3n) is 4.11. The fraction of sp³-hybridized carbons (Fsp3) is 0.524. The Kier molecular flexibility index (Phi) is 8.17. The lowest BCUT2D eigenvalue weighted by atomic mass is 10.2. The van der Waals surface area contributed by atoms with Gasteiger partial charge in [-0.25, -0.2) is 0 Å². The topological polar surface area (TPSA) is 63.5 Å². The van der Waals surface area contributed by atoms with Crippen LogP contribution in [0.1, 0.15) is 37.2 Å². The number of guanidine groups is 1. The molecule has 0 unspecified atom stereocenters. The SMILES string of the molecule is CN=C(NCCCn1nc(C)cc1C)NCc1cccc(OCC(C)C)c1. The van der Waals surface area contributed by atoms with Gasteiger partial charge in [-0.05, 0) is 49.9 Å². The third-order valence-corrected chi connectivity index (χ3v) is 4.11. The summed E-state index contributed by atoms with van der Waals surface area (Å²) in [6.45, 7) is 11.6. The van der Waals surface area contributed by atoms with Gasteiger partial charge in [0.25, 0.3) is 0 Å². The van der Waals surface area contributed by atoms with Gasteiger partial charge in [-0.15, -0.1) is 0 Å². The fourth-order valence-corrected chi connectivity index (χ4v) is 2.75. The molecule has 0 fully saturated rings. The minimum absolute atomic E-state index is 0.518. The highest BCUT2D eigenvalue weighted by molar-refractivity contribution is 5.79. The Morgan fingerprint density at radius 2 is 2.04 bits per heavy atom. The predicted octanol–water partition coefficient (Wildman–Crippen LogP) is 3.29. The van der Waals surface area contributed by atoms with Crippen molar-refractivity contribution >= 4 is 5.96 Å². The Morgan fingerprint density at radius 1 is 1.22 bits per heavy atom. The van der Waals surface area contributed by atoms with Gasteiger partial charge in [-0.2, -0.15) is 5.10 Å². The summed E-state index contributed by atoms with van der Waals surface area (Å²) < 4.78 is 7.84. The Balaban J connectivity index is 1.73. The van der Waals surface area contributed by atoms with Gasteiger partial charge in [-0.1, -0.05) is 26.0 Å². The zero-order chi connectivity index (χ0) is 19.6. The van der Waals surface area contributed by atoms with Crippen LogP contribution in [0.5, 0.6) is 5.75 Å². The van der Waals surface area contributed by atoms with Crippen molar-refractivity contribution < 1.29 is 4.74 Å². The predicted molar refractivity (Wildman–Crippen MR) is 111 cm³/mol. The van der Waals surface area contributed by atoms with E-state index in [-0.39, 0.29) is 0 Å². The fourth-order valence-electron chi connectivity index (χ4n) is 2.75. The zero-order valence-electron chi connectivity index (χ0n) is 17.2. The number of aliphatic imine (C=N–C) groups is 1. The van der Waals surface area contributed by atoms with Crippen LogP contribution in [0, 0.1) is 19.8 Å². The lowest BCUT2D eigenvalue weighted by molar-refractivity contribution is 0.271. The first-order valence-electron chi connectivity index (χ1n) is 9.65. The summed E-state index contributed by atoms with van der Waals surface area (Å²) in [7, 11) is 1.79. The molecule has 0 saturated carbocycles. The number of rotatable bonds is 9. The largest absolute Gasteiger partial charge is 0.493 e. The molecular weight excluding hydrogens is 338 g/mol. The lowest BCUT2D eigenvalue weighted by Crippen LogP contribution is -2.37. The molecule has 0 spiro atoms. The molecule has 1 aromatic carbocycles. The van der Waals surface area contributed by atoms with Gasteiger partial charge in [0, 0.05) is 32.4 Å². The van der Waals surface area contributed by atoms with E-state index >= 15 is 0 Å². The highest BCUT2D eigenvalue weighted by Gasteiger charge is 2.03. The van der Waals surface area contributed by atoms with E-state index in [2.05, 4.69) is 64.4 Å². The molecule has 0 amide bonds. The Hall–Kier alpha value is -2.50. The monoisotopic (exact) mass is 371 g/mol. The minimum atomic E-state index is 0.518. The molecule has 0 radical (unpaired) electrons. The maximum Gasteiger partial charge on any atom is 0.191 e. The van der Waals surface area contributed by atoms with Gasteiger partial charge in [0.15, 0.2) is 5.96 Å². The van der Waals surface area contributed by atoms with E-state index in [1.165, 1.54) is 11.3 Å². The molecule has 0 atom stereocenters. The van der Waals surface area contributed by atoms with Crippen molar-refractivity contribution in [2.75, 3.05) is 20.2 Å². The smallest absolute Gasteiger partial charge is 0.191 e. The van der Waals surface area contributed by atoms with Crippen molar-refractivity contribution in [1.82, 2.24) is 20.4 Å². The normalized spacial score (nSPS) is 11.7. The van der Waals surface area contributed by atoms with Crippen molar-refractivity contribution in [2.45, 2.75) is 47.2 Å². The quantitative estimate of drug-likeness (QED) is 0.403. The number of nitrogens with one attached hydrogen (secondary N) is 2. The molecule has 0 saturated heterocycles. The van der Waals surface area contributed by atoms with Gasteiger partial charge in [0.05, 0.1) is 12.3 Å². The van der Waals surface area contributed by atoms with Gasteiger partial charge < -0.3 is 15.4 Å². The first-order valence-corrected chi connectivity index (χ1v) is 9.65.